The summed E-state index contributed by atoms with van der Waals surface area (Å²) in [5, 5.41) is 10.8. The highest BCUT2D eigenvalue weighted by Gasteiger charge is 2.17. The Balaban J connectivity index is 1.58. The first-order valence-electron chi connectivity index (χ1n) is 10.5. The van der Waals surface area contributed by atoms with Gasteiger partial charge in [-0.25, -0.2) is 0 Å². The van der Waals surface area contributed by atoms with Gasteiger partial charge < -0.3 is 21.3 Å². The Morgan fingerprint density at radius 2 is 1.16 bits per heavy atom. The van der Waals surface area contributed by atoms with E-state index in [1.54, 1.807) is 50.2 Å². The molecule has 0 saturated heterocycles. The van der Waals surface area contributed by atoms with Crippen LogP contribution in [0.3, 0.4) is 0 Å². The number of pyridine rings is 1. The Labute approximate surface area is 187 Å². The minimum absolute atomic E-state index is 0.272. The number of unbranched alkanes of at least 4 members (excludes halogenated alkanes) is 1. The zero-order chi connectivity index (χ0) is 23.3. The fourth-order valence-corrected chi connectivity index (χ4v) is 2.76. The second kappa shape index (κ2) is 12.8. The van der Waals surface area contributed by atoms with Crippen molar-refractivity contribution in [2.24, 2.45) is 0 Å². The standard InChI is InChI=1S/C23H29N5O4/c1-16(27-22(31)18-8-4-3-5-9-18)20(29)25-12-6-7-13-26-21(30)17(2)28-23(32)19-10-14-24-15-11-19/h3-5,8-11,14-17H,6-7,12-13H2,1-2H3,(H,25,29)(H,26,30)(H,27,31)(H,28,32)/t16-,17-/m0/s1. The summed E-state index contributed by atoms with van der Waals surface area (Å²) in [5.41, 5.74) is 0.929. The van der Waals surface area contributed by atoms with Crippen LogP contribution in [0.4, 0.5) is 0 Å². The van der Waals surface area contributed by atoms with Gasteiger partial charge in [-0.3, -0.25) is 24.2 Å². The second-order valence-corrected chi connectivity index (χ2v) is 7.28. The minimum atomic E-state index is -0.676. The van der Waals surface area contributed by atoms with Gasteiger partial charge in [0, 0.05) is 36.6 Å². The van der Waals surface area contributed by atoms with Gasteiger partial charge in [0.2, 0.25) is 11.8 Å². The molecule has 0 aliphatic carbocycles. The molecule has 0 aliphatic rings. The van der Waals surface area contributed by atoms with Crippen LogP contribution in [0.2, 0.25) is 0 Å². The number of benzene rings is 1. The van der Waals surface area contributed by atoms with E-state index in [1.165, 1.54) is 12.4 Å². The maximum absolute atomic E-state index is 12.1. The van der Waals surface area contributed by atoms with Crippen molar-refractivity contribution in [3.05, 3.63) is 66.0 Å². The van der Waals surface area contributed by atoms with Gasteiger partial charge in [0.25, 0.3) is 11.8 Å². The van der Waals surface area contributed by atoms with Gasteiger partial charge in [-0.05, 0) is 51.0 Å². The molecule has 0 fully saturated rings. The quantitative estimate of drug-likeness (QED) is 0.389. The monoisotopic (exact) mass is 439 g/mol. The molecule has 9 nitrogen and oxygen atoms in total. The number of rotatable bonds is 11. The van der Waals surface area contributed by atoms with Crippen molar-refractivity contribution in [2.45, 2.75) is 38.8 Å². The molecule has 2 rings (SSSR count). The lowest BCUT2D eigenvalue weighted by atomic mass is 10.2. The predicted octanol–water partition coefficient (Wildman–Crippen LogP) is 1.03. The molecule has 1 heterocycles. The summed E-state index contributed by atoms with van der Waals surface area (Å²) in [5.74, 6) is -1.20. The molecule has 9 heteroatoms. The molecule has 1 aromatic heterocycles. The van der Waals surface area contributed by atoms with E-state index >= 15 is 0 Å². The number of nitrogens with one attached hydrogen (secondary N) is 4. The third-order valence-corrected chi connectivity index (χ3v) is 4.66. The van der Waals surface area contributed by atoms with Crippen LogP contribution in [-0.4, -0.2) is 53.8 Å². The topological polar surface area (TPSA) is 129 Å². The van der Waals surface area contributed by atoms with E-state index in [2.05, 4.69) is 26.3 Å². The Bertz CT molecular complexity index is 830. The maximum Gasteiger partial charge on any atom is 0.252 e. The van der Waals surface area contributed by atoms with Gasteiger partial charge in [-0.1, -0.05) is 18.2 Å². The smallest absolute Gasteiger partial charge is 0.252 e. The van der Waals surface area contributed by atoms with Crippen LogP contribution in [0.5, 0.6) is 0 Å². The van der Waals surface area contributed by atoms with Crippen molar-refractivity contribution >= 4 is 23.6 Å². The lowest BCUT2D eigenvalue weighted by Gasteiger charge is -2.15. The average molecular weight is 440 g/mol. The fourth-order valence-electron chi connectivity index (χ4n) is 2.76. The van der Waals surface area contributed by atoms with Crippen molar-refractivity contribution < 1.29 is 19.2 Å². The van der Waals surface area contributed by atoms with Gasteiger partial charge in [-0.2, -0.15) is 0 Å². The number of amides is 4. The van der Waals surface area contributed by atoms with Gasteiger partial charge in [0.1, 0.15) is 12.1 Å². The number of carbonyl (C=O) groups is 4. The Morgan fingerprint density at radius 1 is 0.719 bits per heavy atom. The third-order valence-electron chi connectivity index (χ3n) is 4.66. The molecule has 4 amide bonds. The Morgan fingerprint density at radius 3 is 1.62 bits per heavy atom. The summed E-state index contributed by atoms with van der Waals surface area (Å²) >= 11 is 0. The average Bonchev–Trinajstić information content (AvgIpc) is 2.81. The molecular weight excluding hydrogens is 410 g/mol. The molecule has 32 heavy (non-hydrogen) atoms. The zero-order valence-electron chi connectivity index (χ0n) is 18.3. The normalized spacial score (nSPS) is 12.2. The summed E-state index contributed by atoms with van der Waals surface area (Å²) in [6, 6.07) is 10.5. The largest absolute Gasteiger partial charge is 0.354 e. The highest BCUT2D eigenvalue weighted by Crippen LogP contribution is 1.99. The summed E-state index contributed by atoms with van der Waals surface area (Å²) in [6.07, 6.45) is 4.33. The van der Waals surface area contributed by atoms with E-state index in [0.29, 0.717) is 37.1 Å². The van der Waals surface area contributed by atoms with E-state index in [1.807, 2.05) is 6.07 Å². The molecule has 4 N–H and O–H groups in total. The lowest BCUT2D eigenvalue weighted by Crippen LogP contribution is -2.45. The molecule has 0 saturated carbocycles. The van der Waals surface area contributed by atoms with Gasteiger partial charge in [0.15, 0.2) is 0 Å². The minimum Gasteiger partial charge on any atom is -0.354 e. The molecule has 0 aliphatic heterocycles. The van der Waals surface area contributed by atoms with E-state index < -0.39 is 12.1 Å². The highest BCUT2D eigenvalue weighted by molar-refractivity contribution is 5.98. The highest BCUT2D eigenvalue weighted by atomic mass is 16.2. The van der Waals surface area contributed by atoms with Crippen molar-refractivity contribution in [3.8, 4) is 0 Å². The number of nitrogens with zero attached hydrogens (tertiary/aromatic N) is 1. The first kappa shape index (κ1) is 24.5. The van der Waals surface area contributed by atoms with Crippen LogP contribution in [0.15, 0.2) is 54.9 Å². The second-order valence-electron chi connectivity index (χ2n) is 7.28. The van der Waals surface area contributed by atoms with Crippen LogP contribution in [0, 0.1) is 0 Å². The van der Waals surface area contributed by atoms with Crippen LogP contribution >= 0.6 is 0 Å². The lowest BCUT2D eigenvalue weighted by molar-refractivity contribution is -0.123. The van der Waals surface area contributed by atoms with Crippen LogP contribution in [0.1, 0.15) is 47.4 Å². The van der Waals surface area contributed by atoms with Crippen LogP contribution < -0.4 is 21.3 Å². The van der Waals surface area contributed by atoms with E-state index in [0.717, 1.165) is 0 Å². The molecule has 1 aromatic carbocycles. The Kier molecular flexibility index (Phi) is 9.83. The molecule has 0 spiro atoms. The number of carbonyl (C=O) groups excluding carboxylic acids is 4. The van der Waals surface area contributed by atoms with Gasteiger partial charge in [-0.15, -0.1) is 0 Å². The molecule has 170 valence electrons. The Hall–Kier alpha value is -3.75. The molecule has 0 bridgehead atoms. The summed E-state index contributed by atoms with van der Waals surface area (Å²) in [7, 11) is 0. The van der Waals surface area contributed by atoms with Crippen molar-refractivity contribution in [1.82, 2.24) is 26.3 Å². The third kappa shape index (κ3) is 8.17. The maximum atomic E-state index is 12.1. The predicted molar refractivity (Wildman–Crippen MR) is 120 cm³/mol. The van der Waals surface area contributed by atoms with Crippen molar-refractivity contribution in [3.63, 3.8) is 0 Å². The number of hydrogen-bond donors (Lipinski definition) is 4. The number of hydrogen-bond acceptors (Lipinski definition) is 5. The van der Waals surface area contributed by atoms with Crippen LogP contribution in [-0.2, 0) is 9.59 Å². The van der Waals surface area contributed by atoms with Gasteiger partial charge in [0.05, 0.1) is 0 Å². The summed E-state index contributed by atoms with van der Waals surface area (Å²) in [6.45, 7) is 4.08. The number of aromatic nitrogens is 1. The van der Waals surface area contributed by atoms with E-state index in [9.17, 15) is 19.2 Å². The SMILES string of the molecule is C[C@H](NC(=O)c1ccccc1)C(=O)NCCCCNC(=O)[C@H](C)NC(=O)c1ccncc1. The van der Waals surface area contributed by atoms with Crippen LogP contribution in [0.25, 0.3) is 0 Å². The molecule has 0 radical (unpaired) electrons. The first-order valence-corrected chi connectivity index (χ1v) is 10.5. The molecular formula is C23H29N5O4. The summed E-state index contributed by atoms with van der Waals surface area (Å²) < 4.78 is 0. The van der Waals surface area contributed by atoms with E-state index in [4.69, 9.17) is 0 Å². The fraction of sp³-hybridized carbons (Fsp3) is 0.348. The van der Waals surface area contributed by atoms with E-state index in [-0.39, 0.29) is 23.6 Å². The van der Waals surface area contributed by atoms with Gasteiger partial charge >= 0.3 is 0 Å². The summed E-state index contributed by atoms with van der Waals surface area (Å²) in [4.78, 5) is 52.2. The molecule has 2 aromatic rings. The van der Waals surface area contributed by atoms with Crippen molar-refractivity contribution in [1.29, 1.82) is 0 Å². The zero-order valence-corrected chi connectivity index (χ0v) is 18.3. The first-order chi connectivity index (χ1) is 15.4. The molecule has 2 atom stereocenters. The molecule has 0 unspecified atom stereocenters. The van der Waals surface area contributed by atoms with Crippen molar-refractivity contribution in [2.75, 3.05) is 13.1 Å².